The molecule has 0 aliphatic heterocycles. The number of alkyl carbamates (subject to hydrolysis) is 1. The summed E-state index contributed by atoms with van der Waals surface area (Å²) in [4.78, 5) is 15.3. The number of ether oxygens (including phenoxy) is 1. The predicted octanol–water partition coefficient (Wildman–Crippen LogP) is 2.11. The summed E-state index contributed by atoms with van der Waals surface area (Å²) in [7, 11) is 0. The number of rotatable bonds is 2. The van der Waals surface area contributed by atoms with E-state index in [1.165, 1.54) is 0 Å². The Morgan fingerprint density at radius 2 is 2.20 bits per heavy atom. The minimum absolute atomic E-state index is 0.385. The molecule has 82 valence electrons. The number of carbonyl (C=O) groups is 1. The molecule has 0 atom stereocenters. The zero-order valence-electron chi connectivity index (χ0n) is 9.28. The number of nitrogens with zero attached hydrogens (tertiary/aromatic N) is 1. The molecule has 0 bridgehead atoms. The molecular formula is C11H16N2O2. The lowest BCUT2D eigenvalue weighted by Gasteiger charge is -2.19. The fraction of sp³-hybridized carbons (Fsp3) is 0.455. The molecule has 0 fully saturated rings. The van der Waals surface area contributed by atoms with E-state index < -0.39 is 11.7 Å². The predicted molar refractivity (Wildman–Crippen MR) is 57.3 cm³/mol. The SMILES string of the molecule is CC(C)(C)OC(=O)NCc1ccccn1. The molecule has 0 aliphatic rings. The van der Waals surface area contributed by atoms with Crippen molar-refractivity contribution in [2.24, 2.45) is 0 Å². The first kappa shape index (κ1) is 11.5. The molecule has 4 nitrogen and oxygen atoms in total. The van der Waals surface area contributed by atoms with Crippen molar-refractivity contribution in [2.45, 2.75) is 32.9 Å². The normalized spacial score (nSPS) is 10.9. The Kier molecular flexibility index (Phi) is 3.66. The van der Waals surface area contributed by atoms with Crippen molar-refractivity contribution in [1.82, 2.24) is 10.3 Å². The van der Waals surface area contributed by atoms with Gasteiger partial charge < -0.3 is 10.1 Å². The van der Waals surface area contributed by atoms with Gasteiger partial charge in [0.05, 0.1) is 12.2 Å². The van der Waals surface area contributed by atoms with Crippen molar-refractivity contribution < 1.29 is 9.53 Å². The smallest absolute Gasteiger partial charge is 0.407 e. The van der Waals surface area contributed by atoms with E-state index in [2.05, 4.69) is 10.3 Å². The topological polar surface area (TPSA) is 51.2 Å². The second kappa shape index (κ2) is 4.77. The summed E-state index contributed by atoms with van der Waals surface area (Å²) in [5.74, 6) is 0. The highest BCUT2D eigenvalue weighted by Crippen LogP contribution is 2.06. The minimum Gasteiger partial charge on any atom is -0.444 e. The lowest BCUT2D eigenvalue weighted by Crippen LogP contribution is -2.32. The van der Waals surface area contributed by atoms with Crippen LogP contribution in [0.15, 0.2) is 24.4 Å². The fourth-order valence-electron chi connectivity index (χ4n) is 0.980. The Hall–Kier alpha value is -1.58. The first-order valence-corrected chi connectivity index (χ1v) is 4.84. The number of pyridine rings is 1. The number of carbonyl (C=O) groups excluding carboxylic acids is 1. The molecule has 1 aromatic rings. The second-order valence-electron chi connectivity index (χ2n) is 4.18. The zero-order chi connectivity index (χ0) is 11.3. The maximum absolute atomic E-state index is 11.3. The molecule has 0 saturated heterocycles. The first-order chi connectivity index (χ1) is 6.97. The largest absolute Gasteiger partial charge is 0.444 e. The van der Waals surface area contributed by atoms with E-state index in [0.717, 1.165) is 5.69 Å². The molecule has 4 heteroatoms. The van der Waals surface area contributed by atoms with E-state index in [1.54, 1.807) is 6.20 Å². The van der Waals surface area contributed by atoms with Crippen LogP contribution in [0.1, 0.15) is 26.5 Å². The highest BCUT2D eigenvalue weighted by atomic mass is 16.6. The van der Waals surface area contributed by atoms with Crippen molar-refractivity contribution in [1.29, 1.82) is 0 Å². The Morgan fingerprint density at radius 3 is 2.73 bits per heavy atom. The molecule has 0 unspecified atom stereocenters. The average molecular weight is 208 g/mol. The zero-order valence-corrected chi connectivity index (χ0v) is 9.28. The van der Waals surface area contributed by atoms with E-state index in [1.807, 2.05) is 39.0 Å². The summed E-state index contributed by atoms with van der Waals surface area (Å²) in [6.07, 6.45) is 1.26. The molecular weight excluding hydrogens is 192 g/mol. The Balaban J connectivity index is 2.35. The van der Waals surface area contributed by atoms with Crippen LogP contribution in [-0.4, -0.2) is 16.7 Å². The standard InChI is InChI=1S/C11H16N2O2/c1-11(2,3)15-10(14)13-8-9-6-4-5-7-12-9/h4-7H,8H2,1-3H3,(H,13,14). The maximum Gasteiger partial charge on any atom is 0.407 e. The fourth-order valence-corrected chi connectivity index (χ4v) is 0.980. The summed E-state index contributed by atoms with van der Waals surface area (Å²) in [5, 5.41) is 2.63. The number of aromatic nitrogens is 1. The van der Waals surface area contributed by atoms with Crippen LogP contribution in [0.4, 0.5) is 4.79 Å². The van der Waals surface area contributed by atoms with Crippen molar-refractivity contribution in [3.8, 4) is 0 Å². The Morgan fingerprint density at radius 1 is 1.47 bits per heavy atom. The monoisotopic (exact) mass is 208 g/mol. The van der Waals surface area contributed by atoms with Gasteiger partial charge in [0, 0.05) is 6.20 Å². The number of hydrogen-bond donors (Lipinski definition) is 1. The van der Waals surface area contributed by atoms with Crippen molar-refractivity contribution in [3.05, 3.63) is 30.1 Å². The molecule has 1 aromatic heterocycles. The van der Waals surface area contributed by atoms with E-state index in [4.69, 9.17) is 4.74 Å². The van der Waals surface area contributed by atoms with Gasteiger partial charge in [-0.05, 0) is 32.9 Å². The van der Waals surface area contributed by atoms with Crippen molar-refractivity contribution in [2.75, 3.05) is 0 Å². The van der Waals surface area contributed by atoms with E-state index >= 15 is 0 Å². The highest BCUT2D eigenvalue weighted by Gasteiger charge is 2.15. The maximum atomic E-state index is 11.3. The molecule has 0 radical (unpaired) electrons. The molecule has 0 aliphatic carbocycles. The average Bonchev–Trinajstić information content (AvgIpc) is 2.14. The van der Waals surface area contributed by atoms with Crippen LogP contribution in [0.2, 0.25) is 0 Å². The Bertz CT molecular complexity index is 317. The molecule has 1 N–H and O–H groups in total. The highest BCUT2D eigenvalue weighted by molar-refractivity contribution is 5.67. The first-order valence-electron chi connectivity index (χ1n) is 4.84. The summed E-state index contributed by atoms with van der Waals surface area (Å²) >= 11 is 0. The van der Waals surface area contributed by atoms with Crippen LogP contribution < -0.4 is 5.32 Å². The van der Waals surface area contributed by atoms with Gasteiger partial charge in [-0.2, -0.15) is 0 Å². The summed E-state index contributed by atoms with van der Waals surface area (Å²) in [6.45, 7) is 5.86. The number of hydrogen-bond acceptors (Lipinski definition) is 3. The van der Waals surface area contributed by atoms with Gasteiger partial charge >= 0.3 is 6.09 Å². The van der Waals surface area contributed by atoms with Gasteiger partial charge in [0.1, 0.15) is 5.60 Å². The Labute approximate surface area is 89.7 Å². The van der Waals surface area contributed by atoms with Crippen LogP contribution in [0.5, 0.6) is 0 Å². The second-order valence-corrected chi connectivity index (χ2v) is 4.18. The summed E-state index contributed by atoms with van der Waals surface area (Å²) in [5.41, 5.74) is 0.345. The quantitative estimate of drug-likeness (QED) is 0.809. The van der Waals surface area contributed by atoms with Gasteiger partial charge in [0.2, 0.25) is 0 Å². The van der Waals surface area contributed by atoms with Crippen LogP contribution in [0.25, 0.3) is 0 Å². The summed E-state index contributed by atoms with van der Waals surface area (Å²) in [6, 6.07) is 5.55. The molecule has 0 spiro atoms. The van der Waals surface area contributed by atoms with Gasteiger partial charge in [-0.3, -0.25) is 4.98 Å². The third-order valence-corrected chi connectivity index (χ3v) is 1.54. The lowest BCUT2D eigenvalue weighted by atomic mass is 10.2. The van der Waals surface area contributed by atoms with Gasteiger partial charge in [-0.25, -0.2) is 4.79 Å². The van der Waals surface area contributed by atoms with Gasteiger partial charge in [-0.15, -0.1) is 0 Å². The van der Waals surface area contributed by atoms with Crippen LogP contribution in [0, 0.1) is 0 Å². The molecule has 1 rings (SSSR count). The van der Waals surface area contributed by atoms with Crippen LogP contribution >= 0.6 is 0 Å². The van der Waals surface area contributed by atoms with E-state index in [0.29, 0.717) is 6.54 Å². The minimum atomic E-state index is -0.464. The molecule has 0 aromatic carbocycles. The van der Waals surface area contributed by atoms with Gasteiger partial charge in [0.15, 0.2) is 0 Å². The number of amides is 1. The van der Waals surface area contributed by atoms with E-state index in [9.17, 15) is 4.79 Å². The van der Waals surface area contributed by atoms with Gasteiger partial charge in [0.25, 0.3) is 0 Å². The van der Waals surface area contributed by atoms with Gasteiger partial charge in [-0.1, -0.05) is 6.07 Å². The molecule has 1 heterocycles. The molecule has 0 saturated carbocycles. The summed E-state index contributed by atoms with van der Waals surface area (Å²) < 4.78 is 5.08. The third-order valence-electron chi connectivity index (χ3n) is 1.54. The molecule has 1 amide bonds. The van der Waals surface area contributed by atoms with E-state index in [-0.39, 0.29) is 0 Å². The van der Waals surface area contributed by atoms with Crippen molar-refractivity contribution in [3.63, 3.8) is 0 Å². The van der Waals surface area contributed by atoms with Crippen molar-refractivity contribution >= 4 is 6.09 Å². The number of nitrogens with one attached hydrogen (secondary N) is 1. The molecule has 15 heavy (non-hydrogen) atoms. The van der Waals surface area contributed by atoms with Crippen LogP contribution in [-0.2, 0) is 11.3 Å². The third kappa shape index (κ3) is 5.00. The lowest BCUT2D eigenvalue weighted by molar-refractivity contribution is 0.0523. The van der Waals surface area contributed by atoms with Crippen LogP contribution in [0.3, 0.4) is 0 Å².